The van der Waals surface area contributed by atoms with Crippen molar-refractivity contribution in [1.82, 2.24) is 0 Å². The van der Waals surface area contributed by atoms with Gasteiger partial charge in [-0.3, -0.25) is 9.59 Å². The fourth-order valence-corrected chi connectivity index (χ4v) is 1.62. The molecule has 0 radical (unpaired) electrons. The van der Waals surface area contributed by atoms with E-state index in [2.05, 4.69) is 32.1 Å². The number of carboxylic acids is 1. The van der Waals surface area contributed by atoms with Gasteiger partial charge in [0.1, 0.15) is 26.4 Å². The van der Waals surface area contributed by atoms with Crippen molar-refractivity contribution in [3.8, 4) is 0 Å². The lowest BCUT2D eigenvalue weighted by atomic mass is 9.96. The molecule has 0 aromatic heterocycles. The third-order valence-electron chi connectivity index (χ3n) is 3.13. The maximum atomic E-state index is 11.7. The first-order chi connectivity index (χ1) is 13.4. The number of hydrogen-bond donors (Lipinski definition) is 2. The SMILES string of the molecule is C=C(C)C(=O)OCCOC(=O)CC(O)(CC(=O)OCCOC(=O)C(=C)C)C(=O)O. The third kappa shape index (κ3) is 10.6. The van der Waals surface area contributed by atoms with Crippen LogP contribution in [-0.4, -0.2) is 72.1 Å². The summed E-state index contributed by atoms with van der Waals surface area (Å²) in [5, 5.41) is 19.2. The van der Waals surface area contributed by atoms with Crippen LogP contribution in [0, 0.1) is 0 Å². The number of carbonyl (C=O) groups is 5. The second kappa shape index (κ2) is 12.3. The maximum Gasteiger partial charge on any atom is 0.336 e. The molecule has 29 heavy (non-hydrogen) atoms. The number of esters is 4. The van der Waals surface area contributed by atoms with Crippen LogP contribution < -0.4 is 0 Å². The van der Waals surface area contributed by atoms with Gasteiger partial charge in [0.05, 0.1) is 12.8 Å². The van der Waals surface area contributed by atoms with Crippen LogP contribution in [0.25, 0.3) is 0 Å². The van der Waals surface area contributed by atoms with E-state index in [-0.39, 0.29) is 37.6 Å². The van der Waals surface area contributed by atoms with Crippen molar-refractivity contribution in [2.45, 2.75) is 32.3 Å². The Labute approximate surface area is 166 Å². The van der Waals surface area contributed by atoms with Gasteiger partial charge in [0.15, 0.2) is 5.60 Å². The van der Waals surface area contributed by atoms with E-state index in [9.17, 15) is 29.1 Å². The number of carboxylic acid groups (broad SMARTS) is 1. The molecule has 162 valence electrons. The largest absolute Gasteiger partial charge is 0.479 e. The summed E-state index contributed by atoms with van der Waals surface area (Å²) in [6, 6.07) is 0. The van der Waals surface area contributed by atoms with Crippen molar-refractivity contribution in [2.75, 3.05) is 26.4 Å². The molecule has 0 atom stereocenters. The first kappa shape index (κ1) is 25.8. The van der Waals surface area contributed by atoms with Crippen molar-refractivity contribution < 1.29 is 53.1 Å². The van der Waals surface area contributed by atoms with Crippen molar-refractivity contribution in [1.29, 1.82) is 0 Å². The number of carbonyl (C=O) groups excluding carboxylic acids is 4. The molecule has 0 spiro atoms. The van der Waals surface area contributed by atoms with Gasteiger partial charge in [0.25, 0.3) is 0 Å². The van der Waals surface area contributed by atoms with Gasteiger partial charge in [0, 0.05) is 11.1 Å². The summed E-state index contributed by atoms with van der Waals surface area (Å²) in [7, 11) is 0. The molecular weight excluding hydrogens is 392 g/mol. The van der Waals surface area contributed by atoms with Crippen LogP contribution in [0.4, 0.5) is 0 Å². The molecule has 0 aliphatic rings. The van der Waals surface area contributed by atoms with Gasteiger partial charge >= 0.3 is 29.8 Å². The number of aliphatic carboxylic acids is 1. The van der Waals surface area contributed by atoms with E-state index in [1.54, 1.807) is 0 Å². The van der Waals surface area contributed by atoms with E-state index in [4.69, 9.17) is 5.11 Å². The highest BCUT2D eigenvalue weighted by molar-refractivity contribution is 5.89. The van der Waals surface area contributed by atoms with Crippen molar-refractivity contribution in [3.05, 3.63) is 24.3 Å². The normalized spacial score (nSPS) is 10.4. The summed E-state index contributed by atoms with van der Waals surface area (Å²) >= 11 is 0. The molecule has 0 heterocycles. The summed E-state index contributed by atoms with van der Waals surface area (Å²) in [6.45, 7) is 8.19. The highest BCUT2D eigenvalue weighted by Gasteiger charge is 2.42. The van der Waals surface area contributed by atoms with E-state index >= 15 is 0 Å². The van der Waals surface area contributed by atoms with Gasteiger partial charge in [-0.25, -0.2) is 14.4 Å². The third-order valence-corrected chi connectivity index (χ3v) is 3.13. The van der Waals surface area contributed by atoms with E-state index in [0.717, 1.165) is 0 Å². The number of hydrogen-bond acceptors (Lipinski definition) is 10. The number of aliphatic hydroxyl groups is 1. The number of ether oxygens (including phenoxy) is 4. The monoisotopic (exact) mass is 416 g/mol. The van der Waals surface area contributed by atoms with Gasteiger partial charge in [-0.2, -0.15) is 0 Å². The predicted molar refractivity (Wildman–Crippen MR) is 95.3 cm³/mol. The molecule has 0 fully saturated rings. The zero-order chi connectivity index (χ0) is 22.6. The van der Waals surface area contributed by atoms with Crippen molar-refractivity contribution >= 4 is 29.8 Å². The molecule has 0 saturated heterocycles. The highest BCUT2D eigenvalue weighted by Crippen LogP contribution is 2.18. The van der Waals surface area contributed by atoms with E-state index in [0.29, 0.717) is 0 Å². The summed E-state index contributed by atoms with van der Waals surface area (Å²) < 4.78 is 18.7. The molecule has 0 aromatic carbocycles. The molecule has 0 aliphatic carbocycles. The Morgan fingerprint density at radius 1 is 0.724 bits per heavy atom. The van der Waals surface area contributed by atoms with Gasteiger partial charge in [-0.1, -0.05) is 13.2 Å². The minimum atomic E-state index is -2.77. The average Bonchev–Trinajstić information content (AvgIpc) is 2.61. The molecule has 0 aliphatic heterocycles. The lowest BCUT2D eigenvalue weighted by Gasteiger charge is -2.21. The van der Waals surface area contributed by atoms with Crippen LogP contribution in [0.3, 0.4) is 0 Å². The smallest absolute Gasteiger partial charge is 0.336 e. The molecule has 0 rings (SSSR count). The van der Waals surface area contributed by atoms with Gasteiger partial charge in [0.2, 0.25) is 0 Å². The molecule has 0 aromatic rings. The van der Waals surface area contributed by atoms with E-state index < -0.39 is 48.3 Å². The van der Waals surface area contributed by atoms with Crippen molar-refractivity contribution in [3.63, 3.8) is 0 Å². The fourth-order valence-electron chi connectivity index (χ4n) is 1.62. The van der Waals surface area contributed by atoms with Crippen LogP contribution in [0.15, 0.2) is 24.3 Å². The summed E-state index contributed by atoms with van der Waals surface area (Å²) in [5.41, 5.74) is -2.48. The van der Waals surface area contributed by atoms with Crippen LogP contribution in [0.1, 0.15) is 26.7 Å². The van der Waals surface area contributed by atoms with Crippen LogP contribution in [0.5, 0.6) is 0 Å². The first-order valence-electron chi connectivity index (χ1n) is 8.31. The zero-order valence-corrected chi connectivity index (χ0v) is 16.2. The lowest BCUT2D eigenvalue weighted by Crippen LogP contribution is -2.43. The Balaban J connectivity index is 4.44. The molecule has 0 unspecified atom stereocenters. The molecule has 2 N–H and O–H groups in total. The molecule has 0 amide bonds. The van der Waals surface area contributed by atoms with Crippen molar-refractivity contribution in [2.24, 2.45) is 0 Å². The van der Waals surface area contributed by atoms with Crippen LogP contribution in [-0.2, 0) is 42.9 Å². The average molecular weight is 416 g/mol. The maximum absolute atomic E-state index is 11.7. The van der Waals surface area contributed by atoms with Gasteiger partial charge in [-0.05, 0) is 13.8 Å². The molecule has 0 bridgehead atoms. The molecule has 0 saturated carbocycles. The lowest BCUT2D eigenvalue weighted by molar-refractivity contribution is -0.174. The standard InChI is InChI=1S/C18H24O11/c1-11(2)15(21)28-7-5-26-13(19)9-18(25,17(23)24)10-14(20)27-6-8-29-16(22)12(3)4/h25H,1,3,5-10H2,2,4H3,(H,23,24). The fraction of sp³-hybridized carbons (Fsp3) is 0.500. The zero-order valence-electron chi connectivity index (χ0n) is 16.2. The second-order valence-corrected chi connectivity index (χ2v) is 5.96. The Hall–Kier alpha value is -3.21. The minimum absolute atomic E-state index is 0.143. The quantitative estimate of drug-likeness (QED) is 0.178. The Kier molecular flexibility index (Phi) is 10.9. The highest BCUT2D eigenvalue weighted by atomic mass is 16.6. The van der Waals surface area contributed by atoms with Crippen LogP contribution >= 0.6 is 0 Å². The Morgan fingerprint density at radius 3 is 1.31 bits per heavy atom. The van der Waals surface area contributed by atoms with Gasteiger partial charge in [-0.15, -0.1) is 0 Å². The summed E-state index contributed by atoms with van der Waals surface area (Å²) in [5.74, 6) is -5.50. The summed E-state index contributed by atoms with van der Waals surface area (Å²) in [6.07, 6.45) is -2.09. The molecule has 11 heteroatoms. The Bertz CT molecular complexity index is 629. The van der Waals surface area contributed by atoms with E-state index in [1.165, 1.54) is 13.8 Å². The first-order valence-corrected chi connectivity index (χ1v) is 8.31. The Morgan fingerprint density at radius 2 is 1.03 bits per heavy atom. The predicted octanol–water partition coefficient (Wildman–Crippen LogP) is -0.0927. The second-order valence-electron chi connectivity index (χ2n) is 5.96. The molecule has 11 nitrogen and oxygen atoms in total. The number of rotatable bonds is 13. The minimum Gasteiger partial charge on any atom is -0.479 e. The summed E-state index contributed by atoms with van der Waals surface area (Å²) in [4.78, 5) is 56.9. The van der Waals surface area contributed by atoms with E-state index in [1.807, 2.05) is 0 Å². The van der Waals surface area contributed by atoms with Crippen LogP contribution in [0.2, 0.25) is 0 Å². The molecular formula is C18H24O11. The topological polar surface area (TPSA) is 163 Å². The van der Waals surface area contributed by atoms with Gasteiger partial charge < -0.3 is 29.2 Å².